The summed E-state index contributed by atoms with van der Waals surface area (Å²) in [6, 6.07) is 0. The second-order valence-corrected chi connectivity index (χ2v) is 2.23. The van der Waals surface area contributed by atoms with Crippen molar-refractivity contribution in [3.05, 3.63) is 24.8 Å². The Bertz CT molecular complexity index is 279. The lowest BCUT2D eigenvalue weighted by Crippen LogP contribution is -2.11. The van der Waals surface area contributed by atoms with Crippen LogP contribution in [0, 0.1) is 0 Å². The third-order valence-electron chi connectivity index (χ3n) is 1.09. The molecule has 0 saturated heterocycles. The van der Waals surface area contributed by atoms with Gasteiger partial charge in [0.1, 0.15) is 6.61 Å². The van der Waals surface area contributed by atoms with Crippen molar-refractivity contribution in [1.29, 1.82) is 0 Å². The lowest BCUT2D eigenvalue weighted by molar-refractivity contribution is -0.150. The number of carbonyl (C=O) groups is 3. The maximum absolute atomic E-state index is 10.2. The van der Waals surface area contributed by atoms with Gasteiger partial charge >= 0.3 is 17.9 Å². The minimum atomic E-state index is -0.579. The number of nitrogens with two attached hydrogens (primary N) is 1. The van der Waals surface area contributed by atoms with Crippen LogP contribution in [-0.4, -0.2) is 31.1 Å². The highest BCUT2D eigenvalue weighted by Gasteiger charge is 2.10. The summed E-state index contributed by atoms with van der Waals surface area (Å²) in [6.07, 6.45) is 3.28. The maximum Gasteiger partial charge on any atom is 0.338 e. The molecule has 0 aliphatic carbocycles. The number of ether oxygens (including phenoxy) is 2. The molecule has 1 aliphatic heterocycles. The molecule has 82 valence electrons. The number of esters is 3. The number of rotatable bonds is 3. The summed E-state index contributed by atoms with van der Waals surface area (Å²) in [5.74, 6) is -1.58. The van der Waals surface area contributed by atoms with Crippen molar-refractivity contribution in [2.75, 3.05) is 13.2 Å². The molecule has 0 bridgehead atoms. The van der Waals surface area contributed by atoms with Gasteiger partial charge in [-0.2, -0.15) is 0 Å². The van der Waals surface area contributed by atoms with E-state index in [-0.39, 0.29) is 6.61 Å². The van der Waals surface area contributed by atoms with Gasteiger partial charge in [0, 0.05) is 24.8 Å². The zero-order valence-corrected chi connectivity index (χ0v) is 7.97. The lowest BCUT2D eigenvalue weighted by Gasteiger charge is -1.94. The first kappa shape index (κ1) is 13.1. The third-order valence-corrected chi connectivity index (χ3v) is 1.09. The summed E-state index contributed by atoms with van der Waals surface area (Å²) < 4.78 is 8.43. The molecular weight excluding hydrogens is 202 g/mol. The van der Waals surface area contributed by atoms with Gasteiger partial charge < -0.3 is 15.2 Å². The van der Waals surface area contributed by atoms with Crippen molar-refractivity contribution in [1.82, 2.24) is 0 Å². The van der Waals surface area contributed by atoms with Crippen LogP contribution in [0.1, 0.15) is 0 Å². The molecule has 0 unspecified atom stereocenters. The van der Waals surface area contributed by atoms with Crippen LogP contribution in [0.4, 0.5) is 0 Å². The molecule has 0 spiro atoms. The van der Waals surface area contributed by atoms with Gasteiger partial charge in [0.15, 0.2) is 0 Å². The lowest BCUT2D eigenvalue weighted by atomic mass is 10.6. The number of hydrogen-bond acceptors (Lipinski definition) is 6. The van der Waals surface area contributed by atoms with Crippen LogP contribution in [0.15, 0.2) is 24.8 Å². The molecule has 0 fully saturated rings. The zero-order chi connectivity index (χ0) is 11.7. The van der Waals surface area contributed by atoms with E-state index in [1.165, 1.54) is 0 Å². The van der Waals surface area contributed by atoms with Crippen molar-refractivity contribution >= 4 is 17.9 Å². The van der Waals surface area contributed by atoms with Crippen LogP contribution in [0.5, 0.6) is 0 Å². The van der Waals surface area contributed by atoms with Crippen molar-refractivity contribution in [2.45, 2.75) is 0 Å². The average molecular weight is 213 g/mol. The fourth-order valence-electron chi connectivity index (χ4n) is 0.522. The van der Waals surface area contributed by atoms with E-state index in [4.69, 9.17) is 5.73 Å². The summed E-state index contributed by atoms with van der Waals surface area (Å²) in [5.41, 5.74) is 5.02. The summed E-state index contributed by atoms with van der Waals surface area (Å²) in [7, 11) is 0. The summed E-state index contributed by atoms with van der Waals surface area (Å²) >= 11 is 0. The molecule has 1 aliphatic rings. The summed E-state index contributed by atoms with van der Waals surface area (Å²) in [5, 5.41) is 0. The molecule has 0 saturated carbocycles. The normalized spacial score (nSPS) is 12.6. The zero-order valence-electron chi connectivity index (χ0n) is 7.97. The first-order valence-electron chi connectivity index (χ1n) is 4.03. The monoisotopic (exact) mass is 213 g/mol. The molecule has 0 aromatic rings. The predicted molar refractivity (Wildman–Crippen MR) is 50.4 cm³/mol. The van der Waals surface area contributed by atoms with Gasteiger partial charge in [-0.25, -0.2) is 14.4 Å². The highest BCUT2D eigenvalue weighted by atomic mass is 16.6. The van der Waals surface area contributed by atoms with Crippen molar-refractivity contribution in [3.63, 3.8) is 0 Å². The first-order chi connectivity index (χ1) is 7.10. The van der Waals surface area contributed by atoms with Gasteiger partial charge in [-0.3, -0.25) is 0 Å². The van der Waals surface area contributed by atoms with Gasteiger partial charge in [-0.15, -0.1) is 0 Å². The molecule has 6 heteroatoms. The van der Waals surface area contributed by atoms with Crippen LogP contribution in [0.25, 0.3) is 0 Å². The van der Waals surface area contributed by atoms with E-state index in [1.54, 1.807) is 0 Å². The van der Waals surface area contributed by atoms with Crippen LogP contribution in [-0.2, 0) is 23.9 Å². The Labute approximate surface area is 86.3 Å². The highest BCUT2D eigenvalue weighted by molar-refractivity contribution is 6.04. The molecule has 2 N–H and O–H groups in total. The van der Waals surface area contributed by atoms with Crippen LogP contribution < -0.4 is 5.73 Å². The number of carbonyl (C=O) groups excluding carboxylic acids is 3. The van der Waals surface area contributed by atoms with Crippen molar-refractivity contribution < 1.29 is 23.9 Å². The molecular formula is C9H11NO5. The Morgan fingerprint density at radius 2 is 2.00 bits per heavy atom. The van der Waals surface area contributed by atoms with Crippen molar-refractivity contribution in [2.24, 2.45) is 5.73 Å². The van der Waals surface area contributed by atoms with Gasteiger partial charge in [-0.05, 0) is 0 Å². The van der Waals surface area contributed by atoms with Crippen molar-refractivity contribution in [3.8, 4) is 0 Å². The minimum Gasteiger partial charge on any atom is -0.461 e. The van der Waals surface area contributed by atoms with Gasteiger partial charge in [-0.1, -0.05) is 6.58 Å². The Hall–Kier alpha value is -1.95. The number of cyclic esters (lactones) is 2. The molecule has 0 radical (unpaired) electrons. The van der Waals surface area contributed by atoms with E-state index in [0.717, 1.165) is 18.2 Å². The topological polar surface area (TPSA) is 95.7 Å². The quantitative estimate of drug-likeness (QED) is 0.378. The Balaban J connectivity index is 0.000000262. The molecule has 15 heavy (non-hydrogen) atoms. The van der Waals surface area contributed by atoms with Crippen LogP contribution in [0.3, 0.4) is 0 Å². The second kappa shape index (κ2) is 7.45. The van der Waals surface area contributed by atoms with Crippen LogP contribution in [0.2, 0.25) is 0 Å². The van der Waals surface area contributed by atoms with E-state index in [2.05, 4.69) is 16.1 Å². The van der Waals surface area contributed by atoms with Gasteiger partial charge in [0.25, 0.3) is 0 Å². The van der Waals surface area contributed by atoms with Crippen LogP contribution >= 0.6 is 0 Å². The third kappa shape index (κ3) is 7.15. The highest BCUT2D eigenvalue weighted by Crippen LogP contribution is 1.92. The molecule has 1 rings (SSSR count). The predicted octanol–water partition coefficient (Wildman–Crippen LogP) is -0.700. The van der Waals surface area contributed by atoms with Gasteiger partial charge in [0.2, 0.25) is 0 Å². The number of hydrogen-bond donors (Lipinski definition) is 1. The molecule has 0 aromatic heterocycles. The molecule has 0 amide bonds. The summed E-state index contributed by atoms with van der Waals surface area (Å²) in [6.45, 7) is 3.83. The largest absolute Gasteiger partial charge is 0.461 e. The van der Waals surface area contributed by atoms with E-state index in [1.807, 2.05) is 0 Å². The smallest absolute Gasteiger partial charge is 0.338 e. The molecule has 0 aromatic carbocycles. The fourth-order valence-corrected chi connectivity index (χ4v) is 0.522. The average Bonchev–Trinajstić information content (AvgIpc) is 2.59. The second-order valence-electron chi connectivity index (χ2n) is 2.23. The molecule has 6 nitrogen and oxygen atoms in total. The Morgan fingerprint density at radius 3 is 2.27 bits per heavy atom. The molecule has 1 heterocycles. The van der Waals surface area contributed by atoms with Gasteiger partial charge in [0.05, 0.1) is 0 Å². The SMILES string of the molecule is C=CC(=O)OCCN.O=C1C=CC(=O)O1. The minimum absolute atomic E-state index is 0.269. The first-order valence-corrected chi connectivity index (χ1v) is 4.03. The standard InChI is InChI=1S/C5H9NO2.C4H2O3/c1-2-5(7)8-4-3-6;5-3-1-2-4(6)7-3/h2H,1,3-4,6H2;1-2H. The van der Waals surface area contributed by atoms with E-state index in [0.29, 0.717) is 6.54 Å². The van der Waals surface area contributed by atoms with E-state index < -0.39 is 17.9 Å². The van der Waals surface area contributed by atoms with E-state index >= 15 is 0 Å². The fraction of sp³-hybridized carbons (Fsp3) is 0.222. The Morgan fingerprint density at radius 1 is 1.47 bits per heavy atom. The molecule has 0 atom stereocenters. The maximum atomic E-state index is 10.2. The summed E-state index contributed by atoms with van der Waals surface area (Å²) in [4.78, 5) is 30.0. The Kier molecular flexibility index (Phi) is 6.48. The van der Waals surface area contributed by atoms with E-state index in [9.17, 15) is 14.4 Å².